The molecule has 16 heavy (non-hydrogen) atoms. The number of hydrogen-bond donors (Lipinski definition) is 0. The summed E-state index contributed by atoms with van der Waals surface area (Å²) in [6, 6.07) is 3.88. The maximum atomic E-state index is 12.6. The van der Waals surface area contributed by atoms with Gasteiger partial charge in [0.05, 0.1) is 19.8 Å². The third-order valence-corrected chi connectivity index (χ3v) is 2.08. The molecule has 3 nitrogen and oxygen atoms in total. The minimum absolute atomic E-state index is 0.00956. The zero-order valence-electron chi connectivity index (χ0n) is 8.59. The molecule has 0 heterocycles. The van der Waals surface area contributed by atoms with Gasteiger partial charge in [-0.1, -0.05) is 0 Å². The van der Waals surface area contributed by atoms with E-state index in [2.05, 4.69) is 11.6 Å². The highest BCUT2D eigenvalue weighted by atomic mass is 35.5. The monoisotopic (exact) mass is 250 g/mol. The van der Waals surface area contributed by atoms with Gasteiger partial charge in [-0.05, 0) is 23.7 Å². The van der Waals surface area contributed by atoms with Crippen LogP contribution in [0.1, 0.15) is 10.4 Å². The molecule has 88 valence electrons. The normalized spacial score (nSPS) is 11.1. The lowest BCUT2D eigenvalue weighted by Gasteiger charge is -2.11. The summed E-state index contributed by atoms with van der Waals surface area (Å²) < 4.78 is 34.9. The summed E-state index contributed by atoms with van der Waals surface area (Å²) in [5, 5.41) is -3.94. The number of ketones is 1. The Morgan fingerprint density at radius 1 is 1.31 bits per heavy atom. The molecule has 0 aliphatic heterocycles. The minimum atomic E-state index is -3.94. The van der Waals surface area contributed by atoms with Gasteiger partial charge in [-0.3, -0.25) is 4.79 Å². The number of methoxy groups -OCH3 is 2. The van der Waals surface area contributed by atoms with E-state index in [4.69, 9.17) is 9.47 Å². The van der Waals surface area contributed by atoms with Gasteiger partial charge in [0.2, 0.25) is 0 Å². The first-order chi connectivity index (χ1) is 7.40. The Morgan fingerprint density at radius 3 is 2.38 bits per heavy atom. The van der Waals surface area contributed by atoms with Crippen molar-refractivity contribution in [1.29, 1.82) is 0 Å². The van der Waals surface area contributed by atoms with Crippen molar-refractivity contribution in [2.45, 2.75) is 5.38 Å². The second kappa shape index (κ2) is 4.65. The van der Waals surface area contributed by atoms with E-state index in [9.17, 15) is 13.6 Å². The van der Waals surface area contributed by atoms with Gasteiger partial charge < -0.3 is 9.47 Å². The number of carbonyl (C=O) groups excluding carboxylic acids is 1. The molecule has 0 saturated carbocycles. The topological polar surface area (TPSA) is 35.5 Å². The third kappa shape index (κ3) is 2.61. The predicted octanol–water partition coefficient (Wildman–Crippen LogP) is 2.72. The molecule has 0 atom stereocenters. The van der Waals surface area contributed by atoms with Crippen molar-refractivity contribution in [2.24, 2.45) is 0 Å². The summed E-state index contributed by atoms with van der Waals surface area (Å²) >= 11 is 4.65. The van der Waals surface area contributed by atoms with Gasteiger partial charge in [-0.25, -0.2) is 0 Å². The maximum Gasteiger partial charge on any atom is 0.385 e. The van der Waals surface area contributed by atoms with Crippen LogP contribution >= 0.6 is 11.6 Å². The predicted molar refractivity (Wildman–Crippen MR) is 54.7 cm³/mol. The first-order valence-electron chi connectivity index (χ1n) is 4.23. The van der Waals surface area contributed by atoms with Crippen LogP contribution in [0.15, 0.2) is 18.2 Å². The lowest BCUT2D eigenvalue weighted by Crippen LogP contribution is -2.22. The molecule has 0 spiro atoms. The number of carbonyl (C=O) groups is 1. The molecule has 0 aromatic heterocycles. The Kier molecular flexibility index (Phi) is 3.70. The summed E-state index contributed by atoms with van der Waals surface area (Å²) in [5.74, 6) is -1.12. The summed E-state index contributed by atoms with van der Waals surface area (Å²) in [5.41, 5.74) is -0.289. The van der Waals surface area contributed by atoms with Gasteiger partial charge in [-0.15, -0.1) is 0 Å². The number of ether oxygens (including phenoxy) is 2. The van der Waals surface area contributed by atoms with Crippen LogP contribution in [0.5, 0.6) is 11.5 Å². The molecular weight excluding hydrogens is 242 g/mol. The van der Waals surface area contributed by atoms with Gasteiger partial charge in [0, 0.05) is 6.07 Å². The Hall–Kier alpha value is -1.36. The van der Waals surface area contributed by atoms with Crippen molar-refractivity contribution in [3.8, 4) is 11.5 Å². The van der Waals surface area contributed by atoms with E-state index in [1.165, 1.54) is 32.4 Å². The highest BCUT2D eigenvalue weighted by Gasteiger charge is 2.38. The Morgan fingerprint density at radius 2 is 1.94 bits per heavy atom. The summed E-state index contributed by atoms with van der Waals surface area (Å²) in [7, 11) is 2.67. The summed E-state index contributed by atoms with van der Waals surface area (Å²) in [6.07, 6.45) is 0. The molecular formula is C10H9ClF2O3. The average molecular weight is 251 g/mol. The Bertz CT molecular complexity index is 402. The maximum absolute atomic E-state index is 12.6. The van der Waals surface area contributed by atoms with Crippen LogP contribution in [0.3, 0.4) is 0 Å². The zero-order valence-corrected chi connectivity index (χ0v) is 9.35. The molecule has 6 heteroatoms. The van der Waals surface area contributed by atoms with Crippen LogP contribution in [0, 0.1) is 0 Å². The number of halogens is 3. The average Bonchev–Trinajstić information content (AvgIpc) is 2.26. The SMILES string of the molecule is COc1ccc(C(=O)C(F)(F)Cl)c(OC)c1. The van der Waals surface area contributed by atoms with Crippen molar-refractivity contribution in [2.75, 3.05) is 14.2 Å². The van der Waals surface area contributed by atoms with Gasteiger partial charge >= 0.3 is 5.38 Å². The van der Waals surface area contributed by atoms with Crippen molar-refractivity contribution < 1.29 is 23.0 Å². The van der Waals surface area contributed by atoms with Crippen molar-refractivity contribution in [3.63, 3.8) is 0 Å². The zero-order chi connectivity index (χ0) is 12.3. The van der Waals surface area contributed by atoms with Crippen LogP contribution in [-0.2, 0) is 0 Å². The molecule has 0 unspecified atom stereocenters. The fraction of sp³-hybridized carbons (Fsp3) is 0.300. The number of hydrogen-bond acceptors (Lipinski definition) is 3. The third-order valence-electron chi connectivity index (χ3n) is 1.91. The van der Waals surface area contributed by atoms with E-state index >= 15 is 0 Å². The van der Waals surface area contributed by atoms with Crippen molar-refractivity contribution in [1.82, 2.24) is 0 Å². The number of Topliss-reactive ketones (excluding diaryl/α,β-unsaturated/α-hetero) is 1. The van der Waals surface area contributed by atoms with Gasteiger partial charge in [-0.2, -0.15) is 8.78 Å². The second-order valence-corrected chi connectivity index (χ2v) is 3.37. The molecule has 0 fully saturated rings. The van der Waals surface area contributed by atoms with Crippen LogP contribution in [0.2, 0.25) is 0 Å². The largest absolute Gasteiger partial charge is 0.497 e. The molecule has 1 aromatic rings. The first kappa shape index (κ1) is 12.7. The number of alkyl halides is 3. The summed E-state index contributed by atoms with van der Waals surface area (Å²) in [4.78, 5) is 11.2. The second-order valence-electron chi connectivity index (χ2n) is 2.89. The van der Waals surface area contributed by atoms with Crippen LogP contribution in [0.4, 0.5) is 8.78 Å². The number of rotatable bonds is 4. The van der Waals surface area contributed by atoms with E-state index in [-0.39, 0.29) is 11.3 Å². The van der Waals surface area contributed by atoms with Crippen LogP contribution in [-0.4, -0.2) is 25.4 Å². The molecule has 0 saturated heterocycles. The smallest absolute Gasteiger partial charge is 0.385 e. The fourth-order valence-electron chi connectivity index (χ4n) is 1.14. The van der Waals surface area contributed by atoms with Crippen molar-refractivity contribution >= 4 is 17.4 Å². The molecule has 1 aromatic carbocycles. The highest BCUT2D eigenvalue weighted by molar-refractivity contribution is 6.35. The fourth-order valence-corrected chi connectivity index (χ4v) is 1.24. The molecule has 0 bridgehead atoms. The highest BCUT2D eigenvalue weighted by Crippen LogP contribution is 2.31. The van der Waals surface area contributed by atoms with Crippen LogP contribution < -0.4 is 9.47 Å². The Balaban J connectivity index is 3.19. The lowest BCUT2D eigenvalue weighted by molar-refractivity contribution is 0.0533. The van der Waals surface area contributed by atoms with Crippen molar-refractivity contribution in [3.05, 3.63) is 23.8 Å². The van der Waals surface area contributed by atoms with Gasteiger partial charge in [0.1, 0.15) is 11.5 Å². The van der Waals surface area contributed by atoms with E-state index in [0.717, 1.165) is 0 Å². The molecule has 0 radical (unpaired) electrons. The van der Waals surface area contributed by atoms with Gasteiger partial charge in [0.25, 0.3) is 5.78 Å². The van der Waals surface area contributed by atoms with Gasteiger partial charge in [0.15, 0.2) is 0 Å². The lowest BCUT2D eigenvalue weighted by atomic mass is 10.1. The summed E-state index contributed by atoms with van der Waals surface area (Å²) in [6.45, 7) is 0. The molecule has 0 aliphatic carbocycles. The molecule has 0 aliphatic rings. The molecule has 1 rings (SSSR count). The van der Waals surface area contributed by atoms with Crippen LogP contribution in [0.25, 0.3) is 0 Å². The molecule has 0 N–H and O–H groups in total. The van der Waals surface area contributed by atoms with E-state index in [1.54, 1.807) is 0 Å². The standard InChI is InChI=1S/C10H9ClF2O3/c1-15-6-3-4-7(8(5-6)16-2)9(14)10(11,12)13/h3-5H,1-2H3. The minimum Gasteiger partial charge on any atom is -0.497 e. The Labute approximate surface area is 95.9 Å². The number of benzene rings is 1. The van der Waals surface area contributed by atoms with E-state index in [1.807, 2.05) is 0 Å². The molecule has 0 amide bonds. The quantitative estimate of drug-likeness (QED) is 0.609. The van der Waals surface area contributed by atoms with E-state index in [0.29, 0.717) is 5.75 Å². The van der Waals surface area contributed by atoms with E-state index < -0.39 is 11.2 Å². The first-order valence-corrected chi connectivity index (χ1v) is 4.61.